The number of aliphatic hydroxyl groups is 1. The standard InChI is InChI=1S/C32H49N5O7/c1-32(2,3)44-31(43)36-24(19-21-11-6-4-7-12-21)27(39)30(42)37-18-10-15-25(37)29(41)35-23(16-17-26(33)38)28(40)34-20-22-13-8-5-9-14-22/h4,6-7,11-12,22-25,27,39H,5,8-10,13-20H2,1-3H3,(H2,33,38)(H,34,40)(H,35,41)(H,36,43)/t23-,24-,25-,27-/m0/s1. The number of ether oxygens (including phenoxy) is 1. The van der Waals surface area contributed by atoms with E-state index in [4.69, 9.17) is 10.5 Å². The molecule has 2 fully saturated rings. The molecule has 1 saturated heterocycles. The predicted molar refractivity (Wildman–Crippen MR) is 164 cm³/mol. The van der Waals surface area contributed by atoms with E-state index in [1.807, 2.05) is 30.3 Å². The third-order valence-electron chi connectivity index (χ3n) is 8.08. The van der Waals surface area contributed by atoms with Crippen molar-refractivity contribution < 1.29 is 33.8 Å². The van der Waals surface area contributed by atoms with Crippen LogP contribution >= 0.6 is 0 Å². The summed E-state index contributed by atoms with van der Waals surface area (Å²) in [7, 11) is 0. The van der Waals surface area contributed by atoms with E-state index in [1.54, 1.807) is 20.8 Å². The molecule has 4 atom stereocenters. The summed E-state index contributed by atoms with van der Waals surface area (Å²) in [6, 6.07) is 6.14. The largest absolute Gasteiger partial charge is 0.444 e. The second-order valence-electron chi connectivity index (χ2n) is 12.9. The second kappa shape index (κ2) is 16.4. The first-order valence-corrected chi connectivity index (χ1v) is 15.7. The van der Waals surface area contributed by atoms with Crippen LogP contribution in [0.15, 0.2) is 30.3 Å². The van der Waals surface area contributed by atoms with E-state index in [9.17, 15) is 29.1 Å². The number of amides is 5. The lowest BCUT2D eigenvalue weighted by atomic mass is 9.89. The Morgan fingerprint density at radius 3 is 2.32 bits per heavy atom. The van der Waals surface area contributed by atoms with E-state index in [0.29, 0.717) is 25.3 Å². The Balaban J connectivity index is 1.70. The van der Waals surface area contributed by atoms with Gasteiger partial charge in [-0.25, -0.2) is 4.79 Å². The number of nitrogens with two attached hydrogens (primary N) is 1. The van der Waals surface area contributed by atoms with Crippen LogP contribution in [0.2, 0.25) is 0 Å². The summed E-state index contributed by atoms with van der Waals surface area (Å²) in [5.74, 6) is -1.87. The first-order valence-electron chi connectivity index (χ1n) is 15.7. The minimum Gasteiger partial charge on any atom is -0.444 e. The molecule has 6 N–H and O–H groups in total. The normalized spacial score (nSPS) is 19.4. The molecule has 5 amide bonds. The van der Waals surface area contributed by atoms with Crippen molar-refractivity contribution in [3.8, 4) is 0 Å². The Bertz CT molecular complexity index is 1130. The van der Waals surface area contributed by atoms with Gasteiger partial charge in [-0.15, -0.1) is 0 Å². The molecule has 44 heavy (non-hydrogen) atoms. The summed E-state index contributed by atoms with van der Waals surface area (Å²) in [5, 5.41) is 19.5. The van der Waals surface area contributed by atoms with Crippen LogP contribution in [-0.4, -0.2) is 82.6 Å². The predicted octanol–water partition coefficient (Wildman–Crippen LogP) is 1.92. The van der Waals surface area contributed by atoms with Crippen molar-refractivity contribution in [1.82, 2.24) is 20.9 Å². The van der Waals surface area contributed by atoms with Crippen molar-refractivity contribution in [2.75, 3.05) is 13.1 Å². The fraction of sp³-hybridized carbons (Fsp3) is 0.656. The van der Waals surface area contributed by atoms with Gasteiger partial charge in [-0.1, -0.05) is 49.6 Å². The van der Waals surface area contributed by atoms with Crippen molar-refractivity contribution in [1.29, 1.82) is 0 Å². The van der Waals surface area contributed by atoms with Gasteiger partial charge < -0.3 is 36.4 Å². The van der Waals surface area contributed by atoms with Crippen LogP contribution < -0.4 is 21.7 Å². The molecule has 0 aromatic heterocycles. The number of nitrogens with zero attached hydrogens (tertiary/aromatic N) is 1. The Morgan fingerprint density at radius 1 is 1.00 bits per heavy atom. The third kappa shape index (κ3) is 11.1. The molecule has 1 saturated carbocycles. The van der Waals surface area contributed by atoms with Crippen LogP contribution in [-0.2, 0) is 30.3 Å². The molecule has 12 nitrogen and oxygen atoms in total. The Kier molecular flexibility index (Phi) is 13.0. The molecule has 1 aromatic rings. The number of carbonyl (C=O) groups excluding carboxylic acids is 5. The number of alkyl carbamates (subject to hydrolysis) is 1. The van der Waals surface area contributed by atoms with Gasteiger partial charge in [0, 0.05) is 19.5 Å². The molecule has 0 bridgehead atoms. The monoisotopic (exact) mass is 615 g/mol. The van der Waals surface area contributed by atoms with Gasteiger partial charge in [0.05, 0.1) is 6.04 Å². The van der Waals surface area contributed by atoms with Crippen molar-refractivity contribution in [3.63, 3.8) is 0 Å². The summed E-state index contributed by atoms with van der Waals surface area (Å²) >= 11 is 0. The molecule has 1 aliphatic carbocycles. The second-order valence-corrected chi connectivity index (χ2v) is 12.9. The highest BCUT2D eigenvalue weighted by Crippen LogP contribution is 2.23. The van der Waals surface area contributed by atoms with E-state index in [-0.39, 0.29) is 25.8 Å². The first kappa shape index (κ1) is 34.8. The smallest absolute Gasteiger partial charge is 0.407 e. The van der Waals surface area contributed by atoms with Crippen LogP contribution in [0, 0.1) is 5.92 Å². The van der Waals surface area contributed by atoms with Gasteiger partial charge in [0.1, 0.15) is 17.7 Å². The highest BCUT2D eigenvalue weighted by molar-refractivity contribution is 5.93. The number of primary amides is 1. The van der Waals surface area contributed by atoms with Crippen LogP contribution in [0.4, 0.5) is 4.79 Å². The summed E-state index contributed by atoms with van der Waals surface area (Å²) < 4.78 is 5.36. The zero-order chi connectivity index (χ0) is 32.3. The first-order chi connectivity index (χ1) is 20.8. The molecule has 0 radical (unpaired) electrons. The molecular weight excluding hydrogens is 566 g/mol. The highest BCUT2D eigenvalue weighted by atomic mass is 16.6. The zero-order valence-electron chi connectivity index (χ0n) is 26.2. The average Bonchev–Trinajstić information content (AvgIpc) is 3.47. The van der Waals surface area contributed by atoms with Gasteiger partial charge in [0.25, 0.3) is 5.91 Å². The molecule has 244 valence electrons. The van der Waals surface area contributed by atoms with Crippen LogP contribution in [0.5, 0.6) is 0 Å². The number of likely N-dealkylation sites (tertiary alicyclic amines) is 1. The lowest BCUT2D eigenvalue weighted by Gasteiger charge is -2.31. The van der Waals surface area contributed by atoms with Gasteiger partial charge in [0.2, 0.25) is 17.7 Å². The Labute approximate surface area is 259 Å². The fourth-order valence-electron chi connectivity index (χ4n) is 5.80. The number of hydrogen-bond donors (Lipinski definition) is 5. The SMILES string of the molecule is CC(C)(C)OC(=O)N[C@@H](Cc1ccccc1)[C@H](O)C(=O)N1CCC[C@H]1C(=O)N[C@@H](CCC(N)=O)C(=O)NCC1CCCCC1. The highest BCUT2D eigenvalue weighted by Gasteiger charge is 2.41. The van der Waals surface area contributed by atoms with Crippen molar-refractivity contribution >= 4 is 29.7 Å². The molecular formula is C32H49N5O7. The maximum Gasteiger partial charge on any atom is 0.407 e. The van der Waals surface area contributed by atoms with E-state index >= 15 is 0 Å². The third-order valence-corrected chi connectivity index (χ3v) is 8.08. The zero-order valence-corrected chi connectivity index (χ0v) is 26.2. The number of rotatable bonds is 13. The summed E-state index contributed by atoms with van der Waals surface area (Å²) in [6.45, 7) is 5.84. The topological polar surface area (TPSA) is 180 Å². The van der Waals surface area contributed by atoms with Gasteiger partial charge in [0.15, 0.2) is 6.10 Å². The molecule has 1 aliphatic heterocycles. The molecule has 1 heterocycles. The maximum atomic E-state index is 13.6. The van der Waals surface area contributed by atoms with Gasteiger partial charge in [-0.2, -0.15) is 0 Å². The van der Waals surface area contributed by atoms with E-state index in [1.165, 1.54) is 11.3 Å². The summed E-state index contributed by atoms with van der Waals surface area (Å²) in [6.07, 6.45) is 3.99. The molecule has 2 aliphatic rings. The average molecular weight is 616 g/mol. The Hall–Kier alpha value is -3.67. The number of carbonyl (C=O) groups is 5. The number of benzene rings is 1. The maximum absolute atomic E-state index is 13.6. The van der Waals surface area contributed by atoms with Crippen molar-refractivity contribution in [2.24, 2.45) is 11.7 Å². The minimum atomic E-state index is -1.67. The van der Waals surface area contributed by atoms with Gasteiger partial charge in [-0.05, 0) is 70.8 Å². The quantitative estimate of drug-likeness (QED) is 0.225. The molecule has 0 spiro atoms. The lowest BCUT2D eigenvalue weighted by Crippen LogP contribution is -2.57. The minimum absolute atomic E-state index is 0.0276. The molecule has 12 heteroatoms. The molecule has 0 unspecified atom stereocenters. The number of aliphatic hydroxyl groups excluding tert-OH is 1. The molecule has 1 aromatic carbocycles. The van der Waals surface area contributed by atoms with Crippen LogP contribution in [0.25, 0.3) is 0 Å². The van der Waals surface area contributed by atoms with Gasteiger partial charge >= 0.3 is 6.09 Å². The summed E-state index contributed by atoms with van der Waals surface area (Å²) in [5.41, 5.74) is 5.32. The number of nitrogens with one attached hydrogen (secondary N) is 3. The lowest BCUT2D eigenvalue weighted by molar-refractivity contribution is -0.146. The van der Waals surface area contributed by atoms with Gasteiger partial charge in [-0.3, -0.25) is 19.2 Å². The van der Waals surface area contributed by atoms with Crippen LogP contribution in [0.1, 0.15) is 84.1 Å². The van der Waals surface area contributed by atoms with E-state index in [0.717, 1.165) is 31.2 Å². The fourth-order valence-corrected chi connectivity index (χ4v) is 5.80. The van der Waals surface area contributed by atoms with Crippen molar-refractivity contribution in [3.05, 3.63) is 35.9 Å². The Morgan fingerprint density at radius 2 is 1.68 bits per heavy atom. The summed E-state index contributed by atoms with van der Waals surface area (Å²) in [4.78, 5) is 65.6. The van der Waals surface area contributed by atoms with E-state index in [2.05, 4.69) is 16.0 Å². The van der Waals surface area contributed by atoms with Crippen molar-refractivity contribution in [2.45, 2.75) is 115 Å². The van der Waals surface area contributed by atoms with E-state index < -0.39 is 59.6 Å². The van der Waals surface area contributed by atoms with Crippen LogP contribution in [0.3, 0.4) is 0 Å². The number of hydrogen-bond acceptors (Lipinski definition) is 7. The molecule has 3 rings (SSSR count).